The Morgan fingerprint density at radius 3 is 2.86 bits per heavy atom. The molecule has 1 amide bonds. The minimum absolute atomic E-state index is 0.202. The van der Waals surface area contributed by atoms with Crippen LogP contribution in [0.2, 0.25) is 5.02 Å². The minimum Gasteiger partial charge on any atom is -0.337 e. The lowest BCUT2D eigenvalue weighted by Crippen LogP contribution is -2.41. The summed E-state index contributed by atoms with van der Waals surface area (Å²) < 4.78 is 0. The van der Waals surface area contributed by atoms with Gasteiger partial charge < -0.3 is 4.90 Å². The van der Waals surface area contributed by atoms with E-state index in [1.807, 2.05) is 36.2 Å². The molecule has 0 saturated carbocycles. The molecule has 3 rings (SSSR count). The predicted octanol–water partition coefficient (Wildman–Crippen LogP) is 3.42. The van der Waals surface area contributed by atoms with Gasteiger partial charge in [-0.25, -0.2) is 0 Å². The van der Waals surface area contributed by atoms with Gasteiger partial charge in [-0.1, -0.05) is 23.7 Å². The van der Waals surface area contributed by atoms with Crippen LogP contribution in [-0.2, 0) is 24.3 Å². The molecule has 2 aromatic rings. The number of rotatable bonds is 4. The molecule has 2 heterocycles. The molecule has 0 N–H and O–H groups in total. The van der Waals surface area contributed by atoms with Crippen molar-refractivity contribution in [3.05, 3.63) is 56.7 Å². The van der Waals surface area contributed by atoms with E-state index < -0.39 is 0 Å². The van der Waals surface area contributed by atoms with E-state index in [1.165, 1.54) is 16.0 Å². The number of halogens is 1. The maximum Gasteiger partial charge on any atom is 0.237 e. The van der Waals surface area contributed by atoms with E-state index in [0.29, 0.717) is 6.54 Å². The first-order chi connectivity index (χ1) is 10.6. The second kappa shape index (κ2) is 6.82. The van der Waals surface area contributed by atoms with Crippen LogP contribution in [-0.4, -0.2) is 35.8 Å². The fourth-order valence-electron chi connectivity index (χ4n) is 2.75. The zero-order chi connectivity index (χ0) is 15.5. The molecule has 0 saturated heterocycles. The van der Waals surface area contributed by atoms with Crippen molar-refractivity contribution in [2.24, 2.45) is 0 Å². The van der Waals surface area contributed by atoms with Crippen LogP contribution in [0.1, 0.15) is 16.0 Å². The average molecular weight is 335 g/mol. The van der Waals surface area contributed by atoms with E-state index in [2.05, 4.69) is 16.3 Å². The Bertz CT molecular complexity index is 653. The number of thiophene rings is 1. The number of benzene rings is 1. The van der Waals surface area contributed by atoms with Crippen molar-refractivity contribution in [1.29, 1.82) is 0 Å². The van der Waals surface area contributed by atoms with Crippen LogP contribution in [0.15, 0.2) is 35.7 Å². The third-order valence-electron chi connectivity index (χ3n) is 3.93. The van der Waals surface area contributed by atoms with Gasteiger partial charge >= 0.3 is 0 Å². The molecule has 1 aliphatic rings. The molecular weight excluding hydrogens is 316 g/mol. The van der Waals surface area contributed by atoms with Crippen molar-refractivity contribution >= 4 is 28.8 Å². The van der Waals surface area contributed by atoms with Crippen LogP contribution in [0.3, 0.4) is 0 Å². The Morgan fingerprint density at radius 2 is 2.09 bits per heavy atom. The van der Waals surface area contributed by atoms with Crippen molar-refractivity contribution in [3.8, 4) is 0 Å². The lowest BCUT2D eigenvalue weighted by molar-refractivity contribution is -0.133. The quantitative estimate of drug-likeness (QED) is 0.855. The van der Waals surface area contributed by atoms with E-state index in [-0.39, 0.29) is 5.91 Å². The van der Waals surface area contributed by atoms with E-state index in [9.17, 15) is 4.79 Å². The molecule has 0 unspecified atom stereocenters. The van der Waals surface area contributed by atoms with Gasteiger partial charge in [0.05, 0.1) is 6.54 Å². The van der Waals surface area contributed by atoms with Crippen molar-refractivity contribution in [1.82, 2.24) is 9.80 Å². The molecule has 0 bridgehead atoms. The summed E-state index contributed by atoms with van der Waals surface area (Å²) in [5.74, 6) is 0.202. The van der Waals surface area contributed by atoms with Crippen LogP contribution < -0.4 is 0 Å². The van der Waals surface area contributed by atoms with Crippen LogP contribution in [0.5, 0.6) is 0 Å². The summed E-state index contributed by atoms with van der Waals surface area (Å²) in [4.78, 5) is 17.9. The first kappa shape index (κ1) is 15.5. The van der Waals surface area contributed by atoms with E-state index in [4.69, 9.17) is 11.6 Å². The van der Waals surface area contributed by atoms with Gasteiger partial charge in [0.1, 0.15) is 0 Å². The van der Waals surface area contributed by atoms with Gasteiger partial charge in [0, 0.05) is 29.5 Å². The molecular formula is C17H19ClN2OS. The van der Waals surface area contributed by atoms with Gasteiger partial charge in [-0.2, -0.15) is 0 Å². The van der Waals surface area contributed by atoms with Crippen LogP contribution >= 0.6 is 22.9 Å². The Kier molecular flexibility index (Phi) is 4.81. The van der Waals surface area contributed by atoms with Gasteiger partial charge in [-0.15, -0.1) is 11.3 Å². The second-order valence-electron chi connectivity index (χ2n) is 5.73. The molecule has 0 spiro atoms. The monoisotopic (exact) mass is 334 g/mol. The number of hydrogen-bond donors (Lipinski definition) is 0. The molecule has 116 valence electrons. The maximum absolute atomic E-state index is 12.5. The Morgan fingerprint density at radius 1 is 1.32 bits per heavy atom. The van der Waals surface area contributed by atoms with Crippen molar-refractivity contribution < 1.29 is 4.79 Å². The molecule has 3 nitrogen and oxygen atoms in total. The van der Waals surface area contributed by atoms with Crippen molar-refractivity contribution in [2.45, 2.75) is 19.5 Å². The average Bonchev–Trinajstić information content (AvgIpc) is 2.97. The number of nitrogens with zero attached hydrogens (tertiary/aromatic N) is 2. The maximum atomic E-state index is 12.5. The highest BCUT2D eigenvalue weighted by atomic mass is 35.5. The summed E-state index contributed by atoms with van der Waals surface area (Å²) in [6.45, 7) is 2.79. The van der Waals surface area contributed by atoms with Gasteiger partial charge in [-0.05, 0) is 48.2 Å². The Labute approximate surface area is 140 Å². The second-order valence-corrected chi connectivity index (χ2v) is 7.17. The summed E-state index contributed by atoms with van der Waals surface area (Å²) in [7, 11) is 1.98. The molecule has 0 atom stereocenters. The molecule has 22 heavy (non-hydrogen) atoms. The number of hydrogen-bond acceptors (Lipinski definition) is 3. The zero-order valence-electron chi connectivity index (χ0n) is 12.6. The molecule has 1 aromatic carbocycles. The fourth-order valence-corrected chi connectivity index (χ4v) is 3.77. The zero-order valence-corrected chi connectivity index (χ0v) is 14.2. The highest BCUT2D eigenvalue weighted by Gasteiger charge is 2.22. The molecule has 0 radical (unpaired) electrons. The normalized spacial score (nSPS) is 14.2. The first-order valence-electron chi connectivity index (χ1n) is 7.38. The van der Waals surface area contributed by atoms with E-state index in [1.54, 1.807) is 11.3 Å². The molecule has 0 fully saturated rings. The number of carbonyl (C=O) groups excluding carboxylic acids is 1. The molecule has 1 aliphatic heterocycles. The summed E-state index contributed by atoms with van der Waals surface area (Å²) in [5.41, 5.74) is 2.48. The fraction of sp³-hybridized carbons (Fsp3) is 0.353. The summed E-state index contributed by atoms with van der Waals surface area (Å²) in [6, 6.07) is 9.91. The number of amides is 1. The highest BCUT2D eigenvalue weighted by Crippen LogP contribution is 2.24. The predicted molar refractivity (Wildman–Crippen MR) is 91.2 cm³/mol. The van der Waals surface area contributed by atoms with Crippen LogP contribution in [0.25, 0.3) is 0 Å². The lowest BCUT2D eigenvalue weighted by Gasteiger charge is -2.29. The van der Waals surface area contributed by atoms with Gasteiger partial charge in [-0.3, -0.25) is 9.69 Å². The molecule has 0 aliphatic carbocycles. The number of fused-ring (bicyclic) bond motifs is 1. The Hall–Kier alpha value is -1.36. The minimum atomic E-state index is 0.202. The van der Waals surface area contributed by atoms with E-state index in [0.717, 1.165) is 31.1 Å². The highest BCUT2D eigenvalue weighted by molar-refractivity contribution is 7.10. The Balaban J connectivity index is 1.54. The standard InChI is InChI=1S/C17H19ClN2OS/c1-19(10-13-2-4-15(18)5-3-13)12-17(21)20-8-6-16-14(11-20)7-9-22-16/h2-5,7,9H,6,8,10-12H2,1H3. The first-order valence-corrected chi connectivity index (χ1v) is 8.63. The van der Waals surface area contributed by atoms with Crippen molar-refractivity contribution in [2.75, 3.05) is 20.1 Å². The van der Waals surface area contributed by atoms with Gasteiger partial charge in [0.25, 0.3) is 0 Å². The van der Waals surface area contributed by atoms with Crippen LogP contribution in [0, 0.1) is 0 Å². The summed E-state index contributed by atoms with van der Waals surface area (Å²) in [6.07, 6.45) is 0.986. The topological polar surface area (TPSA) is 23.6 Å². The van der Waals surface area contributed by atoms with Crippen LogP contribution in [0.4, 0.5) is 0 Å². The largest absolute Gasteiger partial charge is 0.337 e. The van der Waals surface area contributed by atoms with E-state index >= 15 is 0 Å². The molecule has 1 aromatic heterocycles. The smallest absolute Gasteiger partial charge is 0.237 e. The third-order valence-corrected chi connectivity index (χ3v) is 5.21. The van der Waals surface area contributed by atoms with Gasteiger partial charge in [0.2, 0.25) is 5.91 Å². The summed E-state index contributed by atoms with van der Waals surface area (Å²) >= 11 is 7.69. The summed E-state index contributed by atoms with van der Waals surface area (Å²) in [5, 5.41) is 2.85. The lowest BCUT2D eigenvalue weighted by atomic mass is 10.1. The molecule has 5 heteroatoms. The number of likely N-dealkylation sites (N-methyl/N-ethyl adjacent to an activating group) is 1. The SMILES string of the molecule is CN(CC(=O)N1CCc2sccc2C1)Cc1ccc(Cl)cc1. The third kappa shape index (κ3) is 3.69. The van der Waals surface area contributed by atoms with Crippen molar-refractivity contribution in [3.63, 3.8) is 0 Å². The number of carbonyl (C=O) groups is 1. The van der Waals surface area contributed by atoms with Gasteiger partial charge in [0.15, 0.2) is 0 Å².